The second kappa shape index (κ2) is 55.9. The summed E-state index contributed by atoms with van der Waals surface area (Å²) in [5.74, 6) is -0.0590. The lowest BCUT2D eigenvalue weighted by Crippen LogP contribution is -2.45. The molecule has 2 atom stereocenters. The Morgan fingerprint density at radius 1 is 0.375 bits per heavy atom. The predicted octanol–water partition coefficient (Wildman–Crippen LogP) is 19.3. The maximum Gasteiger partial charge on any atom is 0.220 e. The van der Waals surface area contributed by atoms with Crippen molar-refractivity contribution in [3.8, 4) is 0 Å². The number of aliphatic hydroxyl groups is 2. The third-order valence-corrected chi connectivity index (χ3v) is 13.6. The van der Waals surface area contributed by atoms with Gasteiger partial charge in [-0.05, 0) is 51.4 Å². The number of carbonyl (C=O) groups is 1. The van der Waals surface area contributed by atoms with Crippen LogP contribution in [-0.4, -0.2) is 34.9 Å². The molecule has 0 saturated heterocycles. The first kappa shape index (κ1) is 62.6. The van der Waals surface area contributed by atoms with Gasteiger partial charge in [-0.15, -0.1) is 0 Å². The first-order valence-electron chi connectivity index (χ1n) is 29.2. The first-order chi connectivity index (χ1) is 31.7. The van der Waals surface area contributed by atoms with E-state index >= 15 is 0 Å². The predicted molar refractivity (Wildman–Crippen MR) is 285 cm³/mol. The van der Waals surface area contributed by atoms with Crippen LogP contribution in [0.1, 0.15) is 322 Å². The SMILES string of the molecule is CCCCCCCCCCC/C=C\C/C=C\CCCCCCCCCCCCCCCCCCCC(=O)NC(CO)C(O)/C=C/CCCCCCCCCCCCCCCCCCC. The lowest BCUT2D eigenvalue weighted by molar-refractivity contribution is -0.123. The average molecular weight is 899 g/mol. The van der Waals surface area contributed by atoms with E-state index in [0.29, 0.717) is 6.42 Å². The van der Waals surface area contributed by atoms with Gasteiger partial charge in [0, 0.05) is 6.42 Å². The van der Waals surface area contributed by atoms with Crippen molar-refractivity contribution in [1.82, 2.24) is 5.32 Å². The maximum absolute atomic E-state index is 12.5. The molecule has 0 aliphatic heterocycles. The summed E-state index contributed by atoms with van der Waals surface area (Å²) in [5.41, 5.74) is 0. The van der Waals surface area contributed by atoms with Crippen LogP contribution in [0.3, 0.4) is 0 Å². The van der Waals surface area contributed by atoms with Gasteiger partial charge >= 0.3 is 0 Å². The van der Waals surface area contributed by atoms with Crippen LogP contribution in [0, 0.1) is 0 Å². The highest BCUT2D eigenvalue weighted by Gasteiger charge is 2.18. The molecule has 0 aliphatic rings. The van der Waals surface area contributed by atoms with Gasteiger partial charge in [-0.2, -0.15) is 0 Å². The van der Waals surface area contributed by atoms with E-state index in [1.165, 1.54) is 270 Å². The van der Waals surface area contributed by atoms with Crippen LogP contribution in [-0.2, 0) is 4.79 Å². The van der Waals surface area contributed by atoms with Gasteiger partial charge in [0.15, 0.2) is 0 Å². The molecule has 1 amide bonds. The Balaban J connectivity index is 3.45. The molecule has 0 fully saturated rings. The van der Waals surface area contributed by atoms with E-state index in [2.05, 4.69) is 43.5 Å². The number of amides is 1. The first-order valence-corrected chi connectivity index (χ1v) is 29.2. The molecule has 0 radical (unpaired) electrons. The summed E-state index contributed by atoms with van der Waals surface area (Å²) < 4.78 is 0. The topological polar surface area (TPSA) is 69.6 Å². The summed E-state index contributed by atoms with van der Waals surface area (Å²) in [6.07, 6.45) is 76.0. The fourth-order valence-electron chi connectivity index (χ4n) is 9.15. The summed E-state index contributed by atoms with van der Waals surface area (Å²) in [6.45, 7) is 4.34. The lowest BCUT2D eigenvalue weighted by atomic mass is 10.0. The van der Waals surface area contributed by atoms with Crippen LogP contribution in [0.4, 0.5) is 0 Å². The van der Waals surface area contributed by atoms with Gasteiger partial charge in [-0.3, -0.25) is 4.79 Å². The molecule has 0 saturated carbocycles. The van der Waals surface area contributed by atoms with Gasteiger partial charge in [0.05, 0.1) is 18.8 Å². The molecular formula is C60H115NO3. The van der Waals surface area contributed by atoms with E-state index in [-0.39, 0.29) is 12.5 Å². The minimum Gasteiger partial charge on any atom is -0.394 e. The highest BCUT2D eigenvalue weighted by molar-refractivity contribution is 5.76. The summed E-state index contributed by atoms with van der Waals surface area (Å²) in [4.78, 5) is 12.5. The second-order valence-electron chi connectivity index (χ2n) is 20.1. The van der Waals surface area contributed by atoms with Gasteiger partial charge in [0.2, 0.25) is 5.91 Å². The summed E-state index contributed by atoms with van der Waals surface area (Å²) in [6, 6.07) is -0.621. The zero-order chi connectivity index (χ0) is 46.3. The molecule has 0 rings (SSSR count). The van der Waals surface area contributed by atoms with Crippen molar-refractivity contribution in [2.45, 2.75) is 334 Å². The monoisotopic (exact) mass is 898 g/mol. The zero-order valence-electron chi connectivity index (χ0n) is 43.6. The van der Waals surface area contributed by atoms with Crippen LogP contribution >= 0.6 is 0 Å². The second-order valence-corrected chi connectivity index (χ2v) is 20.1. The Hall–Kier alpha value is -1.39. The van der Waals surface area contributed by atoms with Crippen molar-refractivity contribution in [2.24, 2.45) is 0 Å². The Labute approximate surface area is 402 Å². The number of carbonyl (C=O) groups excluding carboxylic acids is 1. The summed E-state index contributed by atoms with van der Waals surface area (Å²) in [5, 5.41) is 23.2. The molecule has 0 bridgehead atoms. The molecule has 2 unspecified atom stereocenters. The molecular weight excluding hydrogens is 783 g/mol. The van der Waals surface area contributed by atoms with Crippen molar-refractivity contribution in [1.29, 1.82) is 0 Å². The van der Waals surface area contributed by atoms with E-state index in [0.717, 1.165) is 32.1 Å². The number of rotatable bonds is 54. The number of unbranched alkanes of at least 4 members (excludes halogenated alkanes) is 43. The normalized spacial score (nSPS) is 13.0. The van der Waals surface area contributed by atoms with E-state index in [9.17, 15) is 15.0 Å². The standard InChI is InChI=1S/C60H115NO3/c1-3-5-7-9-11-13-15-17-19-21-23-24-25-26-27-28-29-30-31-32-33-34-35-36-38-40-42-44-46-48-50-52-54-56-60(64)61-58(57-62)59(63)55-53-51-49-47-45-43-41-39-37-22-20-18-16-14-12-10-8-6-4-2/h23-24,26-27,53,55,58-59,62-63H,3-22,25,28-52,54,56-57H2,1-2H3,(H,61,64)/b24-23-,27-26-,55-53+. The third-order valence-electron chi connectivity index (χ3n) is 13.6. The van der Waals surface area contributed by atoms with Crippen LogP contribution in [0.25, 0.3) is 0 Å². The highest BCUT2D eigenvalue weighted by atomic mass is 16.3. The van der Waals surface area contributed by atoms with Crippen LogP contribution in [0.2, 0.25) is 0 Å². The molecule has 0 spiro atoms. The Kier molecular flexibility index (Phi) is 54.7. The molecule has 0 aromatic heterocycles. The minimum absolute atomic E-state index is 0.0590. The van der Waals surface area contributed by atoms with Gasteiger partial charge in [0.25, 0.3) is 0 Å². The number of hydrogen-bond donors (Lipinski definition) is 3. The van der Waals surface area contributed by atoms with Gasteiger partial charge in [-0.1, -0.05) is 301 Å². The van der Waals surface area contributed by atoms with E-state index < -0.39 is 12.1 Å². The summed E-state index contributed by atoms with van der Waals surface area (Å²) in [7, 11) is 0. The summed E-state index contributed by atoms with van der Waals surface area (Å²) >= 11 is 0. The van der Waals surface area contributed by atoms with Crippen molar-refractivity contribution in [3.05, 3.63) is 36.5 Å². The van der Waals surface area contributed by atoms with E-state index in [4.69, 9.17) is 0 Å². The molecule has 4 heteroatoms. The lowest BCUT2D eigenvalue weighted by Gasteiger charge is -2.20. The Bertz CT molecular complexity index is 974. The molecule has 378 valence electrons. The van der Waals surface area contributed by atoms with E-state index in [1.54, 1.807) is 6.08 Å². The minimum atomic E-state index is -0.838. The molecule has 0 aromatic carbocycles. The van der Waals surface area contributed by atoms with Crippen LogP contribution in [0.5, 0.6) is 0 Å². The molecule has 0 heterocycles. The maximum atomic E-state index is 12.5. The quantitative estimate of drug-likeness (QED) is 0.0421. The van der Waals surface area contributed by atoms with Crippen molar-refractivity contribution in [3.63, 3.8) is 0 Å². The Morgan fingerprint density at radius 3 is 0.938 bits per heavy atom. The molecule has 3 N–H and O–H groups in total. The van der Waals surface area contributed by atoms with Gasteiger partial charge in [0.1, 0.15) is 0 Å². The molecule has 64 heavy (non-hydrogen) atoms. The van der Waals surface area contributed by atoms with Gasteiger partial charge in [-0.25, -0.2) is 0 Å². The third kappa shape index (κ3) is 51.6. The molecule has 0 aromatic rings. The molecule has 0 aliphatic carbocycles. The number of hydrogen-bond acceptors (Lipinski definition) is 3. The zero-order valence-corrected chi connectivity index (χ0v) is 43.6. The molecule has 4 nitrogen and oxygen atoms in total. The van der Waals surface area contributed by atoms with Crippen molar-refractivity contribution in [2.75, 3.05) is 6.61 Å². The average Bonchev–Trinajstić information content (AvgIpc) is 3.30. The number of aliphatic hydroxyl groups excluding tert-OH is 2. The Morgan fingerprint density at radius 2 is 0.641 bits per heavy atom. The van der Waals surface area contributed by atoms with Crippen LogP contribution < -0.4 is 5.32 Å². The van der Waals surface area contributed by atoms with Crippen LogP contribution in [0.15, 0.2) is 36.5 Å². The van der Waals surface area contributed by atoms with Crippen molar-refractivity contribution >= 4 is 5.91 Å². The van der Waals surface area contributed by atoms with Gasteiger partial charge < -0.3 is 15.5 Å². The largest absolute Gasteiger partial charge is 0.394 e. The fourth-order valence-corrected chi connectivity index (χ4v) is 9.15. The fraction of sp³-hybridized carbons (Fsp3) is 0.883. The number of allylic oxidation sites excluding steroid dienone is 5. The van der Waals surface area contributed by atoms with E-state index in [1.807, 2.05) is 6.08 Å². The highest BCUT2D eigenvalue weighted by Crippen LogP contribution is 2.17. The smallest absolute Gasteiger partial charge is 0.220 e. The van der Waals surface area contributed by atoms with Crippen molar-refractivity contribution < 1.29 is 15.0 Å². The number of nitrogens with one attached hydrogen (secondary N) is 1.